The highest BCUT2D eigenvalue weighted by molar-refractivity contribution is 6.26. The molecule has 0 radical (unpaired) electrons. The van der Waals surface area contributed by atoms with E-state index in [1.807, 2.05) is 0 Å². The molecule has 3 heterocycles. The van der Waals surface area contributed by atoms with Crippen LogP contribution in [0.4, 0.5) is 0 Å². The van der Waals surface area contributed by atoms with Crippen LogP contribution in [0.15, 0.2) is 127 Å². The predicted octanol–water partition coefficient (Wildman–Crippen LogP) is 8.43. The maximum atomic E-state index is 5.13. The lowest BCUT2D eigenvalue weighted by atomic mass is 10.1. The molecule has 8 aromatic rings. The monoisotopic (exact) mass is 459 g/mol. The molecule has 0 aliphatic rings. The SMILES string of the molecule is c1ccc(-n2c3ccccc3c3c2ccc2c4ccccc4n(-c4ccc5ccccc5n4)c23)cc1. The van der Waals surface area contributed by atoms with Crippen molar-refractivity contribution in [3.8, 4) is 11.5 Å². The van der Waals surface area contributed by atoms with Gasteiger partial charge in [0.2, 0.25) is 0 Å². The first-order chi connectivity index (χ1) is 17.9. The van der Waals surface area contributed by atoms with Crippen LogP contribution in [0.2, 0.25) is 0 Å². The second kappa shape index (κ2) is 7.30. The van der Waals surface area contributed by atoms with Crippen LogP contribution in [0, 0.1) is 0 Å². The van der Waals surface area contributed by atoms with E-state index in [2.05, 4.69) is 137 Å². The summed E-state index contributed by atoms with van der Waals surface area (Å²) < 4.78 is 4.72. The molecule has 0 spiro atoms. The van der Waals surface area contributed by atoms with Crippen LogP contribution < -0.4 is 0 Å². The number of hydrogen-bond acceptors (Lipinski definition) is 1. The van der Waals surface area contributed by atoms with Crippen molar-refractivity contribution in [1.82, 2.24) is 14.1 Å². The van der Waals surface area contributed by atoms with E-state index in [4.69, 9.17) is 4.98 Å². The number of pyridine rings is 1. The molecule has 8 rings (SSSR count). The molecule has 168 valence electrons. The van der Waals surface area contributed by atoms with Gasteiger partial charge < -0.3 is 4.57 Å². The molecule has 3 aromatic heterocycles. The summed E-state index contributed by atoms with van der Waals surface area (Å²) in [6.07, 6.45) is 0. The maximum absolute atomic E-state index is 5.13. The molecule has 0 unspecified atom stereocenters. The number of nitrogens with zero attached hydrogens (tertiary/aromatic N) is 3. The molecule has 0 aliphatic carbocycles. The average molecular weight is 460 g/mol. The van der Waals surface area contributed by atoms with Crippen molar-refractivity contribution < 1.29 is 0 Å². The third-order valence-electron chi connectivity index (χ3n) is 7.30. The van der Waals surface area contributed by atoms with Gasteiger partial charge in [0.05, 0.1) is 27.6 Å². The number of hydrogen-bond donors (Lipinski definition) is 0. The largest absolute Gasteiger partial charge is 0.309 e. The fourth-order valence-electron chi connectivity index (χ4n) is 5.78. The summed E-state index contributed by atoms with van der Waals surface area (Å²) in [4.78, 5) is 5.13. The van der Waals surface area contributed by atoms with E-state index in [-0.39, 0.29) is 0 Å². The molecular formula is C33H21N3. The average Bonchev–Trinajstić information content (AvgIpc) is 3.46. The zero-order chi connectivity index (χ0) is 23.6. The predicted molar refractivity (Wildman–Crippen MR) is 150 cm³/mol. The highest BCUT2D eigenvalue weighted by Crippen LogP contribution is 2.41. The van der Waals surface area contributed by atoms with E-state index < -0.39 is 0 Å². The van der Waals surface area contributed by atoms with Crippen molar-refractivity contribution >= 4 is 54.5 Å². The Kier molecular flexibility index (Phi) is 3.94. The highest BCUT2D eigenvalue weighted by Gasteiger charge is 2.20. The van der Waals surface area contributed by atoms with E-state index in [0.717, 1.165) is 22.4 Å². The van der Waals surface area contributed by atoms with E-state index in [1.165, 1.54) is 43.6 Å². The van der Waals surface area contributed by atoms with Gasteiger partial charge in [-0.2, -0.15) is 0 Å². The van der Waals surface area contributed by atoms with Crippen LogP contribution >= 0.6 is 0 Å². The number of para-hydroxylation sites is 4. The van der Waals surface area contributed by atoms with Crippen LogP contribution in [0.3, 0.4) is 0 Å². The lowest BCUT2D eigenvalue weighted by molar-refractivity contribution is 1.11. The fourth-order valence-corrected chi connectivity index (χ4v) is 5.78. The van der Waals surface area contributed by atoms with E-state index in [0.29, 0.717) is 0 Å². The number of rotatable bonds is 2. The quantitative estimate of drug-likeness (QED) is 0.254. The Hall–Kier alpha value is -4.89. The summed E-state index contributed by atoms with van der Waals surface area (Å²) in [5.74, 6) is 0.934. The lowest BCUT2D eigenvalue weighted by Crippen LogP contribution is -1.98. The Labute approximate surface area is 207 Å². The summed E-state index contributed by atoms with van der Waals surface area (Å²) >= 11 is 0. The van der Waals surface area contributed by atoms with Crippen molar-refractivity contribution in [2.24, 2.45) is 0 Å². The van der Waals surface area contributed by atoms with E-state index >= 15 is 0 Å². The molecule has 0 bridgehead atoms. The number of fused-ring (bicyclic) bond motifs is 8. The molecule has 0 saturated carbocycles. The molecule has 36 heavy (non-hydrogen) atoms. The number of benzene rings is 5. The van der Waals surface area contributed by atoms with Gasteiger partial charge in [-0.3, -0.25) is 4.57 Å². The Morgan fingerprint density at radius 2 is 1.14 bits per heavy atom. The van der Waals surface area contributed by atoms with Crippen molar-refractivity contribution in [3.05, 3.63) is 127 Å². The molecule has 0 saturated heterocycles. The number of aromatic nitrogens is 3. The molecule has 3 nitrogen and oxygen atoms in total. The molecule has 0 fully saturated rings. The third kappa shape index (κ3) is 2.60. The van der Waals surface area contributed by atoms with E-state index in [1.54, 1.807) is 0 Å². The summed E-state index contributed by atoms with van der Waals surface area (Å²) in [5, 5.41) is 6.11. The molecule has 0 N–H and O–H groups in total. The minimum absolute atomic E-state index is 0.934. The van der Waals surface area contributed by atoms with Crippen LogP contribution in [0.25, 0.3) is 66.0 Å². The minimum Gasteiger partial charge on any atom is -0.309 e. The first-order valence-electron chi connectivity index (χ1n) is 12.3. The Morgan fingerprint density at radius 3 is 2.00 bits per heavy atom. The summed E-state index contributed by atoms with van der Waals surface area (Å²) in [6.45, 7) is 0. The van der Waals surface area contributed by atoms with Gasteiger partial charge in [0.25, 0.3) is 0 Å². The van der Waals surface area contributed by atoms with Crippen LogP contribution in [0.1, 0.15) is 0 Å². The van der Waals surface area contributed by atoms with Crippen LogP contribution in [-0.4, -0.2) is 14.1 Å². The second-order valence-corrected chi connectivity index (χ2v) is 9.26. The molecule has 0 atom stereocenters. The Balaban J connectivity index is 1.61. The maximum Gasteiger partial charge on any atom is 0.138 e. The van der Waals surface area contributed by atoms with Crippen LogP contribution in [0.5, 0.6) is 0 Å². The third-order valence-corrected chi connectivity index (χ3v) is 7.30. The van der Waals surface area contributed by atoms with Gasteiger partial charge in [-0.25, -0.2) is 4.98 Å². The van der Waals surface area contributed by atoms with Crippen molar-refractivity contribution in [2.75, 3.05) is 0 Å². The highest BCUT2D eigenvalue weighted by atomic mass is 15.1. The van der Waals surface area contributed by atoms with Crippen molar-refractivity contribution in [2.45, 2.75) is 0 Å². The first-order valence-corrected chi connectivity index (χ1v) is 12.3. The van der Waals surface area contributed by atoms with Gasteiger partial charge >= 0.3 is 0 Å². The van der Waals surface area contributed by atoms with Gasteiger partial charge in [-0.05, 0) is 48.5 Å². The van der Waals surface area contributed by atoms with Gasteiger partial charge in [0.1, 0.15) is 5.82 Å². The molecule has 3 heteroatoms. The van der Waals surface area contributed by atoms with Crippen molar-refractivity contribution in [1.29, 1.82) is 0 Å². The van der Waals surface area contributed by atoms with Crippen molar-refractivity contribution in [3.63, 3.8) is 0 Å². The normalized spacial score (nSPS) is 11.9. The summed E-state index contributed by atoms with van der Waals surface area (Å²) in [5.41, 5.74) is 6.92. The molecular weight excluding hydrogens is 438 g/mol. The second-order valence-electron chi connectivity index (χ2n) is 9.26. The Bertz CT molecular complexity index is 2100. The lowest BCUT2D eigenvalue weighted by Gasteiger charge is -2.10. The molecule has 0 aliphatic heterocycles. The molecule has 5 aromatic carbocycles. The molecule has 0 amide bonds. The van der Waals surface area contributed by atoms with E-state index in [9.17, 15) is 0 Å². The smallest absolute Gasteiger partial charge is 0.138 e. The van der Waals surface area contributed by atoms with Gasteiger partial charge in [-0.1, -0.05) is 78.9 Å². The topological polar surface area (TPSA) is 22.8 Å². The first kappa shape index (κ1) is 19.4. The van der Waals surface area contributed by atoms with Gasteiger partial charge in [-0.15, -0.1) is 0 Å². The fraction of sp³-hybridized carbons (Fsp3) is 0. The minimum atomic E-state index is 0.934. The standard InChI is InChI=1S/C33H21N3/c1-2-11-23(12-3-1)35-29-17-9-6-14-26(29)32-30(35)20-19-25-24-13-5-8-16-28(24)36(33(25)32)31-21-18-22-10-4-7-15-27(22)34-31/h1-21H. The Morgan fingerprint density at radius 1 is 0.444 bits per heavy atom. The zero-order valence-electron chi connectivity index (χ0n) is 19.5. The summed E-state index contributed by atoms with van der Waals surface area (Å²) in [7, 11) is 0. The van der Waals surface area contributed by atoms with Gasteiger partial charge in [0, 0.05) is 32.6 Å². The van der Waals surface area contributed by atoms with Gasteiger partial charge in [0.15, 0.2) is 0 Å². The zero-order valence-corrected chi connectivity index (χ0v) is 19.5. The van der Waals surface area contributed by atoms with Crippen LogP contribution in [-0.2, 0) is 0 Å². The summed E-state index contributed by atoms with van der Waals surface area (Å²) in [6, 6.07) is 45.2.